The smallest absolute Gasteiger partial charge is 0.319 e. The summed E-state index contributed by atoms with van der Waals surface area (Å²) in [6.07, 6.45) is 1.68. The van der Waals surface area contributed by atoms with Crippen LogP contribution in [-0.4, -0.2) is 104 Å². The minimum Gasteiger partial charge on any atom is -0.491 e. The van der Waals surface area contributed by atoms with Crippen LogP contribution < -0.4 is 20.1 Å². The summed E-state index contributed by atoms with van der Waals surface area (Å²) in [5.41, 5.74) is 5.18. The second-order valence-electron chi connectivity index (χ2n) is 13.8. The third kappa shape index (κ3) is 5.07. The molecule has 10 nitrogen and oxygen atoms in total. The number of aromatic nitrogens is 2. The van der Waals surface area contributed by atoms with E-state index in [1.54, 1.807) is 0 Å². The molecule has 4 aliphatic heterocycles. The third-order valence-electron chi connectivity index (χ3n) is 10.5. The monoisotopic (exact) mass is 713 g/mol. The first-order chi connectivity index (χ1) is 23.6. The molecule has 0 saturated carbocycles. The standard InChI is InChI=1S/C34H35ClF3N7O3S/c1-43(2)9-10-45-31-24-27(41-32(42-31)48-17-33-6-3-8-44(33)14-18(36)12-33)26(38)23(25(35)28(24)47-11-7-34(45)15-46-16-34)19-4-5-21(37)29-22(19)20(13-39)30(40)49-29/h4-5,18H,3,6-12,14-17,40H2,1-2H3/t18-,33+/m1/s1. The zero-order valence-electron chi connectivity index (χ0n) is 27.1. The summed E-state index contributed by atoms with van der Waals surface area (Å²) in [6, 6.07) is 4.58. The first-order valence-electron chi connectivity index (χ1n) is 16.3. The van der Waals surface area contributed by atoms with Gasteiger partial charge in [0.25, 0.3) is 0 Å². The Labute approximate surface area is 290 Å². The topological polar surface area (TPSA) is 113 Å². The number of halogens is 4. The minimum absolute atomic E-state index is 0.0333. The maximum Gasteiger partial charge on any atom is 0.319 e. The van der Waals surface area contributed by atoms with E-state index in [1.165, 1.54) is 12.1 Å². The van der Waals surface area contributed by atoms with E-state index < -0.39 is 28.9 Å². The van der Waals surface area contributed by atoms with Gasteiger partial charge in [-0.2, -0.15) is 15.2 Å². The number of hydrogen-bond acceptors (Lipinski definition) is 11. The molecule has 0 bridgehead atoms. The number of benzene rings is 2. The van der Waals surface area contributed by atoms with Crippen molar-refractivity contribution in [1.82, 2.24) is 19.8 Å². The van der Waals surface area contributed by atoms with Gasteiger partial charge >= 0.3 is 6.01 Å². The van der Waals surface area contributed by atoms with Crippen molar-refractivity contribution in [2.75, 3.05) is 77.3 Å². The molecule has 0 radical (unpaired) electrons. The van der Waals surface area contributed by atoms with E-state index in [0.717, 1.165) is 30.7 Å². The molecule has 8 rings (SSSR count). The summed E-state index contributed by atoms with van der Waals surface area (Å²) < 4.78 is 65.6. The largest absolute Gasteiger partial charge is 0.491 e. The molecule has 4 aromatic rings. The van der Waals surface area contributed by atoms with Crippen molar-refractivity contribution in [3.05, 3.63) is 34.4 Å². The molecule has 1 spiro atoms. The van der Waals surface area contributed by atoms with Crippen LogP contribution in [0.3, 0.4) is 0 Å². The Hall–Kier alpha value is -3.61. The second-order valence-corrected chi connectivity index (χ2v) is 15.2. The van der Waals surface area contributed by atoms with Crippen molar-refractivity contribution in [1.29, 1.82) is 5.26 Å². The van der Waals surface area contributed by atoms with Gasteiger partial charge in [-0.25, -0.2) is 13.2 Å². The Kier molecular flexibility index (Phi) is 7.99. The van der Waals surface area contributed by atoms with E-state index >= 15 is 8.78 Å². The number of fused-ring (bicyclic) bond motifs is 2. The van der Waals surface area contributed by atoms with Gasteiger partial charge in [-0.3, -0.25) is 4.90 Å². The molecule has 15 heteroatoms. The summed E-state index contributed by atoms with van der Waals surface area (Å²) in [5, 5.41) is 10.5. The zero-order valence-corrected chi connectivity index (χ0v) is 28.7. The first-order valence-corrected chi connectivity index (χ1v) is 17.5. The van der Waals surface area contributed by atoms with E-state index in [9.17, 15) is 9.65 Å². The molecular weight excluding hydrogens is 679 g/mol. The number of thiophene rings is 1. The van der Waals surface area contributed by atoms with Gasteiger partial charge in [0.15, 0.2) is 11.6 Å². The van der Waals surface area contributed by atoms with Crippen LogP contribution >= 0.6 is 22.9 Å². The maximum absolute atomic E-state index is 17.4. The van der Waals surface area contributed by atoms with E-state index in [2.05, 4.69) is 19.7 Å². The lowest BCUT2D eigenvalue weighted by Gasteiger charge is -2.51. The van der Waals surface area contributed by atoms with Crippen molar-refractivity contribution in [3.8, 4) is 29.0 Å². The van der Waals surface area contributed by atoms with E-state index in [0.29, 0.717) is 51.5 Å². The SMILES string of the molecule is CN(C)CCN1c2nc(OC[C@@]34CCCN3C[C@H](F)C4)nc3c(F)c(-c4ccc(F)c5sc(N)c(C#N)c45)c(Cl)c(c23)OCCC12COC2. The molecule has 6 heterocycles. The van der Waals surface area contributed by atoms with Gasteiger partial charge in [-0.15, -0.1) is 11.3 Å². The number of nitrogens with zero attached hydrogens (tertiary/aromatic N) is 6. The number of nitrogens with two attached hydrogens (primary N) is 1. The average molecular weight is 714 g/mol. The highest BCUT2D eigenvalue weighted by atomic mass is 35.5. The van der Waals surface area contributed by atoms with Crippen molar-refractivity contribution in [2.24, 2.45) is 0 Å². The van der Waals surface area contributed by atoms with Crippen LogP contribution in [0.4, 0.5) is 24.0 Å². The van der Waals surface area contributed by atoms with Crippen LogP contribution in [0.25, 0.3) is 32.1 Å². The van der Waals surface area contributed by atoms with E-state index in [1.807, 2.05) is 20.2 Å². The Balaban J connectivity index is 1.37. The lowest BCUT2D eigenvalue weighted by Crippen LogP contribution is -2.64. The molecule has 3 fully saturated rings. The number of alkyl halides is 1. The van der Waals surface area contributed by atoms with Gasteiger partial charge in [-0.1, -0.05) is 17.7 Å². The molecule has 0 amide bonds. The molecular formula is C34H35ClF3N7O3S. The maximum atomic E-state index is 17.4. The first kappa shape index (κ1) is 32.6. The fraction of sp³-hybridized carbons (Fsp3) is 0.500. The van der Waals surface area contributed by atoms with Crippen molar-refractivity contribution >= 4 is 54.7 Å². The zero-order chi connectivity index (χ0) is 34.2. The average Bonchev–Trinajstić information content (AvgIpc) is 3.69. The molecule has 2 atom stereocenters. The fourth-order valence-electron chi connectivity index (χ4n) is 8.01. The highest BCUT2D eigenvalue weighted by Crippen LogP contribution is 2.52. The van der Waals surface area contributed by atoms with Crippen molar-refractivity contribution in [3.63, 3.8) is 0 Å². The summed E-state index contributed by atoms with van der Waals surface area (Å²) in [5.74, 6) is -0.826. The van der Waals surface area contributed by atoms with Gasteiger partial charge < -0.3 is 29.7 Å². The highest BCUT2D eigenvalue weighted by Gasteiger charge is 2.50. The minimum atomic E-state index is -0.950. The Morgan fingerprint density at radius 1 is 1.22 bits per heavy atom. The number of nitriles is 1. The molecule has 2 N–H and O–H groups in total. The number of rotatable bonds is 7. The molecule has 0 unspecified atom stereocenters. The second kappa shape index (κ2) is 12.0. The number of likely N-dealkylation sites (N-methyl/N-ethyl adjacent to an activating group) is 1. The predicted octanol–water partition coefficient (Wildman–Crippen LogP) is 5.77. The number of hydrogen-bond donors (Lipinski definition) is 1. The Morgan fingerprint density at radius 2 is 2.04 bits per heavy atom. The van der Waals surface area contributed by atoms with Crippen molar-refractivity contribution < 1.29 is 27.4 Å². The normalized spacial score (nSPS) is 23.1. The molecule has 4 aliphatic rings. The number of anilines is 2. The Bertz CT molecular complexity index is 2040. The number of nitrogen functional groups attached to an aromatic ring is 1. The van der Waals surface area contributed by atoms with Gasteiger partial charge in [0.1, 0.15) is 41.0 Å². The van der Waals surface area contributed by atoms with E-state index in [4.69, 9.17) is 36.5 Å². The van der Waals surface area contributed by atoms with Crippen LogP contribution in [0.15, 0.2) is 12.1 Å². The molecule has 2 aromatic carbocycles. The molecule has 49 heavy (non-hydrogen) atoms. The lowest BCUT2D eigenvalue weighted by atomic mass is 9.89. The summed E-state index contributed by atoms with van der Waals surface area (Å²) in [4.78, 5) is 15.9. The van der Waals surface area contributed by atoms with Crippen LogP contribution in [0.2, 0.25) is 5.02 Å². The Morgan fingerprint density at radius 3 is 2.78 bits per heavy atom. The summed E-state index contributed by atoms with van der Waals surface area (Å²) >= 11 is 8.02. The van der Waals surface area contributed by atoms with Gasteiger partial charge in [0, 0.05) is 43.4 Å². The van der Waals surface area contributed by atoms with E-state index in [-0.39, 0.29) is 72.7 Å². The number of ether oxygens (including phenoxy) is 3. The molecule has 258 valence electrons. The summed E-state index contributed by atoms with van der Waals surface area (Å²) in [6.45, 7) is 3.58. The van der Waals surface area contributed by atoms with Crippen LogP contribution in [0.1, 0.15) is 31.2 Å². The van der Waals surface area contributed by atoms with Gasteiger partial charge in [0.2, 0.25) is 0 Å². The van der Waals surface area contributed by atoms with Gasteiger partial charge in [-0.05, 0) is 45.1 Å². The molecule has 2 aromatic heterocycles. The van der Waals surface area contributed by atoms with Crippen LogP contribution in [0, 0.1) is 23.0 Å². The molecule has 0 aliphatic carbocycles. The van der Waals surface area contributed by atoms with Gasteiger partial charge in [0.05, 0.1) is 51.6 Å². The van der Waals surface area contributed by atoms with Crippen LogP contribution in [0.5, 0.6) is 11.8 Å². The third-order valence-corrected chi connectivity index (χ3v) is 11.9. The lowest BCUT2D eigenvalue weighted by molar-refractivity contribution is -0.0671. The van der Waals surface area contributed by atoms with Crippen molar-refractivity contribution in [2.45, 2.75) is 42.9 Å². The fourth-order valence-corrected chi connectivity index (χ4v) is 9.29. The summed E-state index contributed by atoms with van der Waals surface area (Å²) in [7, 11) is 3.95. The van der Waals surface area contributed by atoms with Crippen LogP contribution in [-0.2, 0) is 4.74 Å². The quantitative estimate of drug-likeness (QED) is 0.253. The predicted molar refractivity (Wildman–Crippen MR) is 183 cm³/mol. The highest BCUT2D eigenvalue weighted by molar-refractivity contribution is 7.23. The molecule has 3 saturated heterocycles.